The van der Waals surface area contributed by atoms with Gasteiger partial charge >= 0.3 is 0 Å². The third-order valence-electron chi connectivity index (χ3n) is 4.57. The predicted molar refractivity (Wildman–Crippen MR) is 92.0 cm³/mol. The number of carbonyl (C=O) groups excluding carboxylic acids is 1. The Labute approximate surface area is 146 Å². The molecule has 3 rings (SSSR count). The molecule has 1 aromatic heterocycles. The maximum absolute atomic E-state index is 14.0. The van der Waals surface area contributed by atoms with E-state index in [1.165, 1.54) is 16.9 Å². The first-order valence-electron chi connectivity index (χ1n) is 8.15. The summed E-state index contributed by atoms with van der Waals surface area (Å²) in [5.41, 5.74) is 1.15. The summed E-state index contributed by atoms with van der Waals surface area (Å²) in [6.45, 7) is 3.93. The monoisotopic (exact) mass is 365 g/mol. The van der Waals surface area contributed by atoms with Gasteiger partial charge in [-0.25, -0.2) is 17.5 Å². The minimum Gasteiger partial charge on any atom is -0.335 e. The Bertz CT molecular complexity index is 908. The molecule has 1 aliphatic rings. The highest BCUT2D eigenvalue weighted by molar-refractivity contribution is 7.91. The van der Waals surface area contributed by atoms with E-state index in [0.29, 0.717) is 24.2 Å². The second-order valence-electron chi connectivity index (χ2n) is 6.15. The highest BCUT2D eigenvalue weighted by Gasteiger charge is 2.35. The number of amides is 1. The average molecular weight is 365 g/mol. The Morgan fingerprint density at radius 2 is 2.12 bits per heavy atom. The van der Waals surface area contributed by atoms with E-state index in [4.69, 9.17) is 0 Å². The summed E-state index contributed by atoms with van der Waals surface area (Å²) in [6.07, 6.45) is 1.86. The van der Waals surface area contributed by atoms with E-state index < -0.39 is 15.7 Å². The highest BCUT2D eigenvalue weighted by Crippen LogP contribution is 2.22. The average Bonchev–Trinajstić information content (AvgIpc) is 3.11. The van der Waals surface area contributed by atoms with Crippen molar-refractivity contribution in [3.05, 3.63) is 47.5 Å². The van der Waals surface area contributed by atoms with Crippen molar-refractivity contribution in [1.82, 2.24) is 14.7 Å². The second kappa shape index (κ2) is 6.59. The van der Waals surface area contributed by atoms with Gasteiger partial charge in [0.2, 0.25) is 0 Å². The van der Waals surface area contributed by atoms with Crippen LogP contribution >= 0.6 is 0 Å². The first-order valence-corrected chi connectivity index (χ1v) is 9.97. The first kappa shape index (κ1) is 17.6. The zero-order chi connectivity index (χ0) is 18.2. The number of nitrogens with zero attached hydrogens (tertiary/aromatic N) is 3. The normalized spacial score (nSPS) is 19.1. The number of aromatic nitrogens is 2. The Kier molecular flexibility index (Phi) is 4.64. The molecule has 25 heavy (non-hydrogen) atoms. The molecule has 0 radical (unpaired) electrons. The van der Waals surface area contributed by atoms with Crippen LogP contribution < -0.4 is 0 Å². The molecule has 1 fully saturated rings. The maximum atomic E-state index is 14.0. The second-order valence-corrected chi connectivity index (χ2v) is 8.38. The van der Waals surface area contributed by atoms with Crippen molar-refractivity contribution in [1.29, 1.82) is 0 Å². The molecule has 0 N–H and O–H groups in total. The minimum absolute atomic E-state index is 0.00687. The molecule has 1 aromatic carbocycles. The third-order valence-corrected chi connectivity index (χ3v) is 6.32. The topological polar surface area (TPSA) is 72.3 Å². The van der Waals surface area contributed by atoms with Crippen molar-refractivity contribution in [3.8, 4) is 5.69 Å². The van der Waals surface area contributed by atoms with Crippen LogP contribution in [0.3, 0.4) is 0 Å². The Hall–Kier alpha value is -2.22. The minimum atomic E-state index is -3.08. The quantitative estimate of drug-likeness (QED) is 0.830. The van der Waals surface area contributed by atoms with Gasteiger partial charge in [-0.2, -0.15) is 5.10 Å². The van der Waals surface area contributed by atoms with Crippen LogP contribution in [0.4, 0.5) is 4.39 Å². The SMILES string of the molecule is CCN(C(=O)c1cnn(-c2ccccc2F)c1C)C1CCS(=O)(=O)C1. The van der Waals surface area contributed by atoms with Crippen molar-refractivity contribution in [3.63, 3.8) is 0 Å². The van der Waals surface area contributed by atoms with Crippen LogP contribution in [0.15, 0.2) is 30.5 Å². The number of halogens is 1. The lowest BCUT2D eigenvalue weighted by Crippen LogP contribution is -2.41. The fourth-order valence-electron chi connectivity index (χ4n) is 3.23. The molecule has 134 valence electrons. The van der Waals surface area contributed by atoms with Crippen molar-refractivity contribution < 1.29 is 17.6 Å². The summed E-state index contributed by atoms with van der Waals surface area (Å²) in [5, 5.41) is 4.15. The molecular formula is C17H20FN3O3S. The number of sulfone groups is 1. The summed E-state index contributed by atoms with van der Waals surface area (Å²) in [6, 6.07) is 5.88. The molecule has 0 saturated carbocycles. The molecule has 2 aromatic rings. The summed E-state index contributed by atoms with van der Waals surface area (Å²) in [7, 11) is -3.08. The van der Waals surface area contributed by atoms with Crippen LogP contribution in [-0.2, 0) is 9.84 Å². The summed E-state index contributed by atoms with van der Waals surface area (Å²) < 4.78 is 38.8. The lowest BCUT2D eigenvalue weighted by atomic mass is 10.1. The Balaban J connectivity index is 1.92. The maximum Gasteiger partial charge on any atom is 0.257 e. The number of benzene rings is 1. The summed E-state index contributed by atoms with van der Waals surface area (Å²) in [5.74, 6) is -0.603. The van der Waals surface area contributed by atoms with Crippen LogP contribution in [0.1, 0.15) is 29.4 Å². The zero-order valence-electron chi connectivity index (χ0n) is 14.1. The van der Waals surface area contributed by atoms with Gasteiger partial charge in [0.05, 0.1) is 29.0 Å². The van der Waals surface area contributed by atoms with Crippen LogP contribution in [0.2, 0.25) is 0 Å². The fourth-order valence-corrected chi connectivity index (χ4v) is 4.96. The van der Waals surface area contributed by atoms with Crippen molar-refractivity contribution in [2.45, 2.75) is 26.3 Å². The van der Waals surface area contributed by atoms with Crippen LogP contribution in [-0.4, -0.2) is 53.1 Å². The number of para-hydroxylation sites is 1. The third kappa shape index (κ3) is 3.30. The van der Waals surface area contributed by atoms with Crippen molar-refractivity contribution >= 4 is 15.7 Å². The van der Waals surface area contributed by atoms with E-state index in [9.17, 15) is 17.6 Å². The molecule has 0 spiro atoms. The molecule has 0 aliphatic carbocycles. The molecule has 1 saturated heterocycles. The standard InChI is InChI=1S/C17H20FN3O3S/c1-3-20(13-8-9-25(23,24)11-13)17(22)14-10-19-21(12(14)2)16-7-5-4-6-15(16)18/h4-7,10,13H,3,8-9,11H2,1-2H3. The smallest absolute Gasteiger partial charge is 0.257 e. The number of hydrogen-bond acceptors (Lipinski definition) is 4. The van der Waals surface area contributed by atoms with E-state index in [0.717, 1.165) is 0 Å². The molecule has 2 heterocycles. The predicted octanol–water partition coefficient (Wildman–Crippen LogP) is 1.97. The summed E-state index contributed by atoms with van der Waals surface area (Å²) in [4.78, 5) is 14.5. The molecule has 1 aliphatic heterocycles. The van der Waals surface area contributed by atoms with Gasteiger partial charge in [-0.1, -0.05) is 12.1 Å². The summed E-state index contributed by atoms with van der Waals surface area (Å²) >= 11 is 0. The highest BCUT2D eigenvalue weighted by atomic mass is 32.2. The molecule has 0 bridgehead atoms. The van der Waals surface area contributed by atoms with Gasteiger partial charge in [0.1, 0.15) is 11.5 Å². The van der Waals surface area contributed by atoms with E-state index in [-0.39, 0.29) is 29.1 Å². The van der Waals surface area contributed by atoms with E-state index in [1.54, 1.807) is 30.0 Å². The molecule has 1 atom stereocenters. The van der Waals surface area contributed by atoms with Crippen LogP contribution in [0.25, 0.3) is 5.69 Å². The number of carbonyl (C=O) groups is 1. The lowest BCUT2D eigenvalue weighted by Gasteiger charge is -2.26. The number of hydrogen-bond donors (Lipinski definition) is 0. The van der Waals surface area contributed by atoms with Gasteiger partial charge in [-0.15, -0.1) is 0 Å². The Morgan fingerprint density at radius 3 is 2.72 bits per heavy atom. The zero-order valence-corrected chi connectivity index (χ0v) is 15.0. The Morgan fingerprint density at radius 1 is 1.40 bits per heavy atom. The van der Waals surface area contributed by atoms with E-state index in [2.05, 4.69) is 5.10 Å². The molecular weight excluding hydrogens is 345 g/mol. The van der Waals surface area contributed by atoms with Gasteiger partial charge in [-0.05, 0) is 32.4 Å². The van der Waals surface area contributed by atoms with Crippen molar-refractivity contribution in [2.24, 2.45) is 0 Å². The first-order chi connectivity index (χ1) is 11.8. The van der Waals surface area contributed by atoms with Gasteiger partial charge in [0.25, 0.3) is 5.91 Å². The largest absolute Gasteiger partial charge is 0.335 e. The van der Waals surface area contributed by atoms with Gasteiger partial charge in [-0.3, -0.25) is 4.79 Å². The van der Waals surface area contributed by atoms with E-state index >= 15 is 0 Å². The fraction of sp³-hybridized carbons (Fsp3) is 0.412. The molecule has 6 nitrogen and oxygen atoms in total. The molecule has 1 amide bonds. The van der Waals surface area contributed by atoms with Crippen LogP contribution in [0.5, 0.6) is 0 Å². The van der Waals surface area contributed by atoms with Gasteiger partial charge in [0, 0.05) is 12.6 Å². The van der Waals surface area contributed by atoms with Gasteiger partial charge < -0.3 is 4.90 Å². The van der Waals surface area contributed by atoms with Crippen LogP contribution in [0, 0.1) is 12.7 Å². The lowest BCUT2D eigenvalue weighted by molar-refractivity contribution is 0.0707. The van der Waals surface area contributed by atoms with Crippen molar-refractivity contribution in [2.75, 3.05) is 18.1 Å². The molecule has 8 heteroatoms. The van der Waals surface area contributed by atoms with Gasteiger partial charge in [0.15, 0.2) is 9.84 Å². The number of rotatable bonds is 4. The molecule has 1 unspecified atom stereocenters. The van der Waals surface area contributed by atoms with E-state index in [1.807, 2.05) is 6.92 Å².